The van der Waals surface area contributed by atoms with Crippen molar-refractivity contribution in [3.8, 4) is 0 Å². The molecule has 0 radical (unpaired) electrons. The van der Waals surface area contributed by atoms with Gasteiger partial charge in [-0.1, -0.05) is 6.92 Å². The van der Waals surface area contributed by atoms with Crippen LogP contribution in [0, 0.1) is 10.1 Å². The fraction of sp³-hybridized carbons (Fsp3) is 0.667. The van der Waals surface area contributed by atoms with E-state index >= 15 is 0 Å². The summed E-state index contributed by atoms with van der Waals surface area (Å²) in [6.07, 6.45) is 1.03. The predicted octanol–water partition coefficient (Wildman–Crippen LogP) is 1.22. The third kappa shape index (κ3) is 3.02. The highest BCUT2D eigenvalue weighted by atomic mass is 16.6. The fourth-order valence-corrected chi connectivity index (χ4v) is 1.17. The van der Waals surface area contributed by atoms with E-state index in [9.17, 15) is 10.1 Å². The minimum Gasteiger partial charge on any atom is -0.358 e. The van der Waals surface area contributed by atoms with Crippen LogP contribution in [-0.2, 0) is 13.6 Å². The zero-order valence-electron chi connectivity index (χ0n) is 9.23. The number of aryl methyl sites for hydroxylation is 1. The lowest BCUT2D eigenvalue weighted by Gasteiger charge is -2.09. The van der Waals surface area contributed by atoms with E-state index in [1.807, 2.05) is 0 Å². The molecule has 0 bridgehead atoms. The summed E-state index contributed by atoms with van der Waals surface area (Å²) in [5.74, 6) is -0.0987. The second-order valence-corrected chi connectivity index (χ2v) is 3.56. The fourth-order valence-electron chi connectivity index (χ4n) is 1.17. The molecule has 0 unspecified atom stereocenters. The molecule has 1 atom stereocenters. The Hall–Kier alpha value is -1.43. The van der Waals surface area contributed by atoms with E-state index < -0.39 is 4.92 Å². The monoisotopic (exact) mass is 212 g/mol. The second-order valence-electron chi connectivity index (χ2n) is 3.56. The van der Waals surface area contributed by atoms with Crippen LogP contribution in [0.2, 0.25) is 0 Å². The van der Waals surface area contributed by atoms with E-state index in [0.29, 0.717) is 12.6 Å². The van der Waals surface area contributed by atoms with Crippen LogP contribution in [0.1, 0.15) is 26.0 Å². The van der Waals surface area contributed by atoms with Crippen molar-refractivity contribution in [1.82, 2.24) is 15.1 Å². The van der Waals surface area contributed by atoms with Crippen LogP contribution in [-0.4, -0.2) is 20.7 Å². The average molecular weight is 212 g/mol. The summed E-state index contributed by atoms with van der Waals surface area (Å²) >= 11 is 0. The lowest BCUT2D eigenvalue weighted by atomic mass is 10.2. The van der Waals surface area contributed by atoms with E-state index in [0.717, 1.165) is 12.1 Å². The Morgan fingerprint density at radius 1 is 1.73 bits per heavy atom. The molecule has 1 heterocycles. The molecule has 0 fully saturated rings. The summed E-state index contributed by atoms with van der Waals surface area (Å²) in [7, 11) is 1.71. The van der Waals surface area contributed by atoms with Crippen LogP contribution >= 0.6 is 0 Å². The maximum atomic E-state index is 10.5. The Bertz CT molecular complexity index is 348. The Labute approximate surface area is 88.4 Å². The number of nitro groups is 1. The van der Waals surface area contributed by atoms with Gasteiger partial charge in [-0.15, -0.1) is 0 Å². The molecule has 1 aromatic rings. The van der Waals surface area contributed by atoms with Gasteiger partial charge in [-0.25, -0.2) is 0 Å². The smallest absolute Gasteiger partial charge is 0.358 e. The molecule has 0 aromatic carbocycles. The van der Waals surface area contributed by atoms with E-state index in [1.54, 1.807) is 7.05 Å². The first-order chi connectivity index (χ1) is 7.04. The Kier molecular flexibility index (Phi) is 3.79. The summed E-state index contributed by atoms with van der Waals surface area (Å²) in [5, 5.41) is 17.5. The number of aromatic nitrogens is 2. The first kappa shape index (κ1) is 11.6. The quantitative estimate of drug-likeness (QED) is 0.588. The normalized spacial score (nSPS) is 12.7. The Morgan fingerprint density at radius 2 is 2.40 bits per heavy atom. The molecule has 1 N–H and O–H groups in total. The predicted molar refractivity (Wildman–Crippen MR) is 56.5 cm³/mol. The SMILES string of the molecule is CC[C@H](C)NCc1cc([N+](=O)[O-])nn1C. The second kappa shape index (κ2) is 4.88. The first-order valence-corrected chi connectivity index (χ1v) is 4.95. The molecule has 1 rings (SSSR count). The molecule has 1 aromatic heterocycles. The van der Waals surface area contributed by atoms with Crippen LogP contribution in [0.3, 0.4) is 0 Å². The van der Waals surface area contributed by atoms with E-state index in [4.69, 9.17) is 0 Å². The summed E-state index contributed by atoms with van der Waals surface area (Å²) < 4.78 is 1.54. The molecular formula is C9H16N4O2. The lowest BCUT2D eigenvalue weighted by Crippen LogP contribution is -2.25. The van der Waals surface area contributed by atoms with Crippen molar-refractivity contribution >= 4 is 5.82 Å². The highest BCUT2D eigenvalue weighted by Gasteiger charge is 2.15. The van der Waals surface area contributed by atoms with Gasteiger partial charge < -0.3 is 15.4 Å². The standard InChI is InChI=1S/C9H16N4O2/c1-4-7(2)10-6-8-5-9(13(14)15)11-12(8)3/h5,7,10H,4,6H2,1-3H3/t7-/m0/s1. The number of hydrogen-bond acceptors (Lipinski definition) is 4. The van der Waals surface area contributed by atoms with Gasteiger partial charge in [0.2, 0.25) is 0 Å². The first-order valence-electron chi connectivity index (χ1n) is 4.95. The minimum atomic E-state index is -0.479. The van der Waals surface area contributed by atoms with Gasteiger partial charge in [0.15, 0.2) is 0 Å². The number of rotatable bonds is 5. The molecule has 15 heavy (non-hydrogen) atoms. The maximum Gasteiger partial charge on any atom is 0.390 e. The molecule has 0 amide bonds. The maximum absolute atomic E-state index is 10.5. The summed E-state index contributed by atoms with van der Waals surface area (Å²) in [4.78, 5) is 9.99. The van der Waals surface area contributed by atoms with Crippen molar-refractivity contribution in [3.05, 3.63) is 21.9 Å². The molecule has 0 spiro atoms. The van der Waals surface area contributed by atoms with Crippen molar-refractivity contribution in [3.63, 3.8) is 0 Å². The third-order valence-corrected chi connectivity index (χ3v) is 2.39. The van der Waals surface area contributed by atoms with Gasteiger partial charge in [0.25, 0.3) is 0 Å². The van der Waals surface area contributed by atoms with E-state index in [1.165, 1.54) is 10.7 Å². The molecule has 84 valence electrons. The van der Waals surface area contributed by atoms with Crippen molar-refractivity contribution in [2.45, 2.75) is 32.9 Å². The lowest BCUT2D eigenvalue weighted by molar-refractivity contribution is -0.389. The van der Waals surface area contributed by atoms with E-state index in [-0.39, 0.29) is 5.82 Å². The molecule has 0 saturated heterocycles. The minimum absolute atomic E-state index is 0.0987. The summed E-state index contributed by atoms with van der Waals surface area (Å²) in [6.45, 7) is 4.76. The Balaban J connectivity index is 2.65. The molecular weight excluding hydrogens is 196 g/mol. The summed E-state index contributed by atoms with van der Waals surface area (Å²) in [6, 6.07) is 1.90. The molecule has 0 aliphatic rings. The number of nitrogens with zero attached hydrogens (tertiary/aromatic N) is 3. The Morgan fingerprint density at radius 3 is 2.87 bits per heavy atom. The van der Waals surface area contributed by atoms with E-state index in [2.05, 4.69) is 24.3 Å². The largest absolute Gasteiger partial charge is 0.390 e. The van der Waals surface area contributed by atoms with Crippen LogP contribution in [0.25, 0.3) is 0 Å². The molecule has 0 aliphatic heterocycles. The van der Waals surface area contributed by atoms with Gasteiger partial charge in [-0.2, -0.15) is 4.68 Å². The molecule has 6 heteroatoms. The topological polar surface area (TPSA) is 73.0 Å². The highest BCUT2D eigenvalue weighted by Crippen LogP contribution is 2.10. The van der Waals surface area contributed by atoms with Crippen LogP contribution in [0.4, 0.5) is 5.82 Å². The van der Waals surface area contributed by atoms with Crippen molar-refractivity contribution in [1.29, 1.82) is 0 Å². The highest BCUT2D eigenvalue weighted by molar-refractivity contribution is 5.21. The van der Waals surface area contributed by atoms with Crippen molar-refractivity contribution in [2.24, 2.45) is 7.05 Å². The van der Waals surface area contributed by atoms with Gasteiger partial charge in [-0.05, 0) is 18.3 Å². The van der Waals surface area contributed by atoms with Crippen LogP contribution < -0.4 is 5.32 Å². The van der Waals surface area contributed by atoms with Gasteiger partial charge in [-0.3, -0.25) is 0 Å². The van der Waals surface area contributed by atoms with Gasteiger partial charge >= 0.3 is 5.82 Å². The van der Waals surface area contributed by atoms with Crippen molar-refractivity contribution < 1.29 is 4.92 Å². The van der Waals surface area contributed by atoms with Gasteiger partial charge in [0.05, 0.1) is 23.9 Å². The van der Waals surface area contributed by atoms with Crippen LogP contribution in [0.5, 0.6) is 0 Å². The number of nitrogens with one attached hydrogen (secondary N) is 1. The van der Waals surface area contributed by atoms with Crippen LogP contribution in [0.15, 0.2) is 6.07 Å². The van der Waals surface area contributed by atoms with Gasteiger partial charge in [0, 0.05) is 12.6 Å². The molecule has 0 aliphatic carbocycles. The molecule has 6 nitrogen and oxygen atoms in total. The molecule has 0 saturated carbocycles. The number of hydrogen-bond donors (Lipinski definition) is 1. The summed E-state index contributed by atoms with van der Waals surface area (Å²) in [5.41, 5.74) is 0.821. The zero-order valence-corrected chi connectivity index (χ0v) is 9.23. The average Bonchev–Trinajstić information content (AvgIpc) is 2.56. The van der Waals surface area contributed by atoms with Gasteiger partial charge in [0.1, 0.15) is 0 Å². The van der Waals surface area contributed by atoms with Crippen molar-refractivity contribution in [2.75, 3.05) is 0 Å². The third-order valence-electron chi connectivity index (χ3n) is 2.39. The zero-order chi connectivity index (χ0) is 11.4.